The molecular formula is C21H24FN3O2S2. The Morgan fingerprint density at radius 3 is 2.69 bits per heavy atom. The van der Waals surface area contributed by atoms with Crippen molar-refractivity contribution in [3.63, 3.8) is 0 Å². The molecule has 0 bridgehead atoms. The van der Waals surface area contributed by atoms with Crippen LogP contribution in [0.3, 0.4) is 0 Å². The van der Waals surface area contributed by atoms with Crippen molar-refractivity contribution in [2.75, 3.05) is 5.75 Å². The average molecular weight is 434 g/mol. The van der Waals surface area contributed by atoms with Gasteiger partial charge in [-0.15, -0.1) is 11.3 Å². The Hall–Kier alpha value is -2.19. The lowest BCUT2D eigenvalue weighted by atomic mass is 10.2. The van der Waals surface area contributed by atoms with E-state index >= 15 is 0 Å². The molecule has 2 heterocycles. The summed E-state index contributed by atoms with van der Waals surface area (Å²) in [5.41, 5.74) is 1.79. The Labute approximate surface area is 177 Å². The number of hydrogen-bond donors (Lipinski definition) is 1. The van der Waals surface area contributed by atoms with Crippen LogP contribution < -0.4 is 10.9 Å². The topological polar surface area (TPSA) is 64.0 Å². The highest BCUT2D eigenvalue weighted by molar-refractivity contribution is 7.99. The molecular weight excluding hydrogens is 409 g/mol. The zero-order valence-electron chi connectivity index (χ0n) is 16.8. The number of unbranched alkanes of at least 4 members (excludes halogenated alkanes) is 1. The number of carbonyl (C=O) groups excluding carboxylic acids is 1. The predicted octanol–water partition coefficient (Wildman–Crippen LogP) is 4.42. The SMILES string of the molecule is CCCCn1c(SCC(=O)NCc2ccc(F)cc2)nc2sc(C)c(C)c2c1=O. The highest BCUT2D eigenvalue weighted by Gasteiger charge is 2.17. The number of hydrogen-bond acceptors (Lipinski definition) is 5. The molecule has 3 aromatic rings. The molecule has 0 aliphatic carbocycles. The summed E-state index contributed by atoms with van der Waals surface area (Å²) in [6.07, 6.45) is 1.84. The first kappa shape index (κ1) is 21.5. The fourth-order valence-electron chi connectivity index (χ4n) is 2.92. The molecule has 5 nitrogen and oxygen atoms in total. The summed E-state index contributed by atoms with van der Waals surface area (Å²) in [7, 11) is 0. The summed E-state index contributed by atoms with van der Waals surface area (Å²) in [5, 5.41) is 4.09. The number of benzene rings is 1. The van der Waals surface area contributed by atoms with Gasteiger partial charge in [0.05, 0.1) is 11.1 Å². The van der Waals surface area contributed by atoms with Crippen LogP contribution in [0.2, 0.25) is 0 Å². The van der Waals surface area contributed by atoms with E-state index in [2.05, 4.69) is 12.2 Å². The molecule has 1 amide bonds. The molecule has 154 valence electrons. The van der Waals surface area contributed by atoms with Crippen LogP contribution in [0.5, 0.6) is 0 Å². The van der Waals surface area contributed by atoms with Gasteiger partial charge >= 0.3 is 0 Å². The smallest absolute Gasteiger partial charge is 0.263 e. The zero-order valence-corrected chi connectivity index (χ0v) is 18.4. The maximum Gasteiger partial charge on any atom is 0.263 e. The normalized spacial score (nSPS) is 11.2. The zero-order chi connectivity index (χ0) is 21.0. The fourth-order valence-corrected chi connectivity index (χ4v) is 4.84. The molecule has 29 heavy (non-hydrogen) atoms. The molecule has 1 aromatic carbocycles. The molecule has 3 rings (SSSR count). The molecule has 0 saturated heterocycles. The lowest BCUT2D eigenvalue weighted by Crippen LogP contribution is -2.26. The molecule has 1 N–H and O–H groups in total. The van der Waals surface area contributed by atoms with Gasteiger partial charge in [-0.2, -0.15) is 0 Å². The number of carbonyl (C=O) groups is 1. The first-order valence-corrected chi connectivity index (χ1v) is 11.4. The third-order valence-corrected chi connectivity index (χ3v) is 6.80. The van der Waals surface area contributed by atoms with E-state index in [0.29, 0.717) is 23.6 Å². The summed E-state index contributed by atoms with van der Waals surface area (Å²) in [5.74, 6) is -0.301. The van der Waals surface area contributed by atoms with E-state index in [9.17, 15) is 14.0 Å². The number of thioether (sulfide) groups is 1. The van der Waals surface area contributed by atoms with E-state index in [0.717, 1.165) is 33.7 Å². The van der Waals surface area contributed by atoms with Gasteiger partial charge in [-0.1, -0.05) is 37.2 Å². The van der Waals surface area contributed by atoms with Crippen LogP contribution in [-0.2, 0) is 17.9 Å². The van der Waals surface area contributed by atoms with Crippen molar-refractivity contribution in [2.45, 2.75) is 51.9 Å². The molecule has 0 spiro atoms. The van der Waals surface area contributed by atoms with Gasteiger partial charge in [-0.05, 0) is 43.5 Å². The van der Waals surface area contributed by atoms with Crippen LogP contribution in [0.15, 0.2) is 34.2 Å². The minimum Gasteiger partial charge on any atom is -0.351 e. The molecule has 0 aliphatic heterocycles. The molecule has 0 atom stereocenters. The molecule has 0 saturated carbocycles. The van der Waals surface area contributed by atoms with Gasteiger partial charge in [-0.25, -0.2) is 9.37 Å². The maximum absolute atomic E-state index is 13.1. The van der Waals surface area contributed by atoms with Gasteiger partial charge in [-0.3, -0.25) is 14.2 Å². The largest absolute Gasteiger partial charge is 0.351 e. The van der Waals surface area contributed by atoms with E-state index < -0.39 is 0 Å². The Bertz CT molecular complexity index is 1070. The van der Waals surface area contributed by atoms with Crippen LogP contribution in [0.25, 0.3) is 10.2 Å². The van der Waals surface area contributed by atoms with Crippen molar-refractivity contribution in [1.82, 2.24) is 14.9 Å². The molecule has 0 radical (unpaired) electrons. The maximum atomic E-state index is 13.1. The second-order valence-electron chi connectivity index (χ2n) is 6.86. The van der Waals surface area contributed by atoms with Gasteiger partial charge in [0.2, 0.25) is 5.91 Å². The Morgan fingerprint density at radius 1 is 1.28 bits per heavy atom. The number of thiophene rings is 1. The van der Waals surface area contributed by atoms with E-state index in [-0.39, 0.29) is 23.0 Å². The quantitative estimate of drug-likeness (QED) is 0.422. The van der Waals surface area contributed by atoms with E-state index in [4.69, 9.17) is 4.98 Å². The summed E-state index contributed by atoms with van der Waals surface area (Å²) >= 11 is 2.79. The number of amides is 1. The molecule has 0 aliphatic rings. The van der Waals surface area contributed by atoms with Gasteiger partial charge in [0.25, 0.3) is 5.56 Å². The van der Waals surface area contributed by atoms with Crippen molar-refractivity contribution in [2.24, 2.45) is 0 Å². The van der Waals surface area contributed by atoms with E-state index in [1.807, 2.05) is 13.8 Å². The predicted molar refractivity (Wildman–Crippen MR) is 117 cm³/mol. The minimum absolute atomic E-state index is 0.0282. The van der Waals surface area contributed by atoms with Gasteiger partial charge < -0.3 is 5.32 Å². The van der Waals surface area contributed by atoms with Crippen LogP contribution in [0.4, 0.5) is 4.39 Å². The molecule has 0 unspecified atom stereocenters. The summed E-state index contributed by atoms with van der Waals surface area (Å²) in [6.45, 7) is 6.95. The minimum atomic E-state index is -0.304. The van der Waals surface area contributed by atoms with Crippen molar-refractivity contribution < 1.29 is 9.18 Å². The van der Waals surface area contributed by atoms with E-state index in [1.165, 1.54) is 35.2 Å². The highest BCUT2D eigenvalue weighted by Crippen LogP contribution is 2.28. The average Bonchev–Trinajstić information content (AvgIpc) is 2.99. The Morgan fingerprint density at radius 2 is 2.00 bits per heavy atom. The number of aryl methyl sites for hydroxylation is 2. The third-order valence-electron chi connectivity index (χ3n) is 4.72. The Balaban J connectivity index is 1.74. The molecule has 0 fully saturated rings. The first-order chi connectivity index (χ1) is 13.9. The third kappa shape index (κ3) is 5.05. The number of halogens is 1. The summed E-state index contributed by atoms with van der Waals surface area (Å²) < 4.78 is 14.7. The van der Waals surface area contributed by atoms with Gasteiger partial charge in [0.1, 0.15) is 10.6 Å². The van der Waals surface area contributed by atoms with Gasteiger partial charge in [0.15, 0.2) is 5.16 Å². The number of aromatic nitrogens is 2. The standard InChI is InChI=1S/C21H24FN3O2S2/c1-4-5-10-25-20(27)18-13(2)14(3)29-19(18)24-21(25)28-12-17(26)23-11-15-6-8-16(22)9-7-15/h6-9H,4-5,10-12H2,1-3H3,(H,23,26). The van der Waals surface area contributed by atoms with Crippen molar-refractivity contribution in [3.05, 3.63) is 56.4 Å². The Kier molecular flexibility index (Phi) is 7.08. The summed E-state index contributed by atoms with van der Waals surface area (Å²) in [4.78, 5) is 31.8. The van der Waals surface area contributed by atoms with Crippen LogP contribution in [0, 0.1) is 19.7 Å². The van der Waals surface area contributed by atoms with Crippen molar-refractivity contribution >= 4 is 39.2 Å². The monoisotopic (exact) mass is 433 g/mol. The molecule has 8 heteroatoms. The van der Waals surface area contributed by atoms with Crippen molar-refractivity contribution in [1.29, 1.82) is 0 Å². The van der Waals surface area contributed by atoms with Crippen molar-refractivity contribution in [3.8, 4) is 0 Å². The lowest BCUT2D eigenvalue weighted by Gasteiger charge is -2.12. The number of nitrogens with one attached hydrogen (secondary N) is 1. The number of rotatable bonds is 8. The number of fused-ring (bicyclic) bond motifs is 1. The number of nitrogens with zero attached hydrogens (tertiary/aromatic N) is 2. The van der Waals surface area contributed by atoms with Crippen LogP contribution in [-0.4, -0.2) is 21.2 Å². The molecule has 2 aromatic heterocycles. The van der Waals surface area contributed by atoms with Crippen LogP contribution in [0.1, 0.15) is 35.8 Å². The fraction of sp³-hybridized carbons (Fsp3) is 0.381. The lowest BCUT2D eigenvalue weighted by molar-refractivity contribution is -0.118. The second-order valence-corrected chi connectivity index (χ2v) is 9.01. The van der Waals surface area contributed by atoms with Crippen LogP contribution >= 0.6 is 23.1 Å². The highest BCUT2D eigenvalue weighted by atomic mass is 32.2. The van der Waals surface area contributed by atoms with Gasteiger partial charge in [0, 0.05) is 18.0 Å². The van der Waals surface area contributed by atoms with E-state index in [1.54, 1.807) is 16.7 Å². The second kappa shape index (κ2) is 9.54. The summed E-state index contributed by atoms with van der Waals surface area (Å²) in [6, 6.07) is 6.02. The first-order valence-electron chi connectivity index (χ1n) is 9.55.